The van der Waals surface area contributed by atoms with E-state index < -0.39 is 0 Å². The Labute approximate surface area is 106 Å². The van der Waals surface area contributed by atoms with Crippen molar-refractivity contribution in [3.8, 4) is 5.75 Å². The van der Waals surface area contributed by atoms with Crippen LogP contribution in [-0.4, -0.2) is 17.1 Å². The molecule has 1 aromatic carbocycles. The summed E-state index contributed by atoms with van der Waals surface area (Å²) in [6, 6.07) is 7.69. The Morgan fingerprint density at radius 2 is 1.89 bits per heavy atom. The third-order valence-electron chi connectivity index (χ3n) is 2.88. The molecule has 0 radical (unpaired) electrons. The number of ether oxygens (including phenoxy) is 1. The molecule has 4 heteroatoms. The van der Waals surface area contributed by atoms with Gasteiger partial charge in [0.15, 0.2) is 0 Å². The Hall–Kier alpha value is -2.10. The van der Waals surface area contributed by atoms with Crippen LogP contribution in [-0.2, 0) is 6.42 Å². The molecule has 0 fully saturated rings. The van der Waals surface area contributed by atoms with E-state index in [1.54, 1.807) is 14.0 Å². The normalized spacial score (nSPS) is 10.4. The number of H-pyrrole nitrogens is 1. The average molecular weight is 244 g/mol. The van der Waals surface area contributed by atoms with E-state index in [4.69, 9.17) is 4.74 Å². The highest BCUT2D eigenvalue weighted by Crippen LogP contribution is 2.14. The topological polar surface area (TPSA) is 55.0 Å². The van der Waals surface area contributed by atoms with Crippen LogP contribution in [0.15, 0.2) is 29.1 Å². The van der Waals surface area contributed by atoms with E-state index in [1.165, 1.54) is 0 Å². The fourth-order valence-corrected chi connectivity index (χ4v) is 1.91. The lowest BCUT2D eigenvalue weighted by molar-refractivity contribution is 0.414. The highest BCUT2D eigenvalue weighted by atomic mass is 16.5. The molecular formula is C14H16N2O2. The molecule has 0 saturated heterocycles. The maximum atomic E-state index is 11.9. The second-order valence-corrected chi connectivity index (χ2v) is 4.24. The summed E-state index contributed by atoms with van der Waals surface area (Å²) in [7, 11) is 1.63. The van der Waals surface area contributed by atoms with Gasteiger partial charge in [-0.3, -0.25) is 4.79 Å². The maximum Gasteiger partial charge on any atom is 0.254 e. The Morgan fingerprint density at radius 3 is 2.44 bits per heavy atom. The summed E-state index contributed by atoms with van der Waals surface area (Å²) in [6.07, 6.45) is 0.582. The monoisotopic (exact) mass is 244 g/mol. The summed E-state index contributed by atoms with van der Waals surface area (Å²) >= 11 is 0. The highest BCUT2D eigenvalue weighted by Gasteiger charge is 2.07. The summed E-state index contributed by atoms with van der Waals surface area (Å²) in [4.78, 5) is 18.9. The summed E-state index contributed by atoms with van der Waals surface area (Å²) < 4.78 is 5.10. The smallest absolute Gasteiger partial charge is 0.254 e. The van der Waals surface area contributed by atoms with Crippen molar-refractivity contribution in [3.05, 3.63) is 57.3 Å². The van der Waals surface area contributed by atoms with Crippen molar-refractivity contribution >= 4 is 0 Å². The summed E-state index contributed by atoms with van der Waals surface area (Å²) in [5.41, 5.74) is 2.50. The number of benzene rings is 1. The molecule has 0 aliphatic rings. The lowest BCUT2D eigenvalue weighted by Crippen LogP contribution is -2.18. The predicted octanol–water partition coefficient (Wildman–Crippen LogP) is 1.99. The molecule has 0 unspecified atom stereocenters. The molecule has 2 aromatic rings. The van der Waals surface area contributed by atoms with Gasteiger partial charge >= 0.3 is 0 Å². The zero-order valence-corrected chi connectivity index (χ0v) is 10.8. The number of methoxy groups -OCH3 is 1. The van der Waals surface area contributed by atoms with Crippen LogP contribution in [0.4, 0.5) is 0 Å². The molecule has 0 bridgehead atoms. The highest BCUT2D eigenvalue weighted by molar-refractivity contribution is 5.31. The zero-order chi connectivity index (χ0) is 13.1. The van der Waals surface area contributed by atoms with Gasteiger partial charge in [0.2, 0.25) is 0 Å². The number of aryl methyl sites for hydroxylation is 2. The Morgan fingerprint density at radius 1 is 1.22 bits per heavy atom. The number of nitrogens with zero attached hydrogens (tertiary/aromatic N) is 1. The Balaban J connectivity index is 2.31. The van der Waals surface area contributed by atoms with Gasteiger partial charge in [-0.2, -0.15) is 0 Å². The molecule has 0 saturated carbocycles. The number of aromatic nitrogens is 2. The van der Waals surface area contributed by atoms with Crippen molar-refractivity contribution in [3.63, 3.8) is 0 Å². The third kappa shape index (κ3) is 2.59. The molecule has 18 heavy (non-hydrogen) atoms. The van der Waals surface area contributed by atoms with Gasteiger partial charge in [-0.1, -0.05) is 12.1 Å². The molecule has 1 aromatic heterocycles. The number of aromatic amines is 1. The lowest BCUT2D eigenvalue weighted by Gasteiger charge is -2.06. The van der Waals surface area contributed by atoms with Gasteiger partial charge in [0.25, 0.3) is 5.56 Å². The number of hydrogen-bond donors (Lipinski definition) is 1. The first-order valence-corrected chi connectivity index (χ1v) is 5.79. The number of hydrogen-bond acceptors (Lipinski definition) is 3. The molecule has 0 amide bonds. The van der Waals surface area contributed by atoms with E-state index in [0.29, 0.717) is 17.8 Å². The summed E-state index contributed by atoms with van der Waals surface area (Å²) in [5.74, 6) is 1.46. The molecule has 0 aliphatic carbocycles. The fourth-order valence-electron chi connectivity index (χ4n) is 1.91. The van der Waals surface area contributed by atoms with Crippen LogP contribution in [0.2, 0.25) is 0 Å². The SMILES string of the molecule is COc1ccc(Cc2c(C)nc(C)[nH]c2=O)cc1. The largest absolute Gasteiger partial charge is 0.497 e. The van der Waals surface area contributed by atoms with Gasteiger partial charge in [-0.15, -0.1) is 0 Å². The van der Waals surface area contributed by atoms with E-state index in [1.807, 2.05) is 31.2 Å². The first-order valence-electron chi connectivity index (χ1n) is 5.79. The van der Waals surface area contributed by atoms with Crippen molar-refractivity contribution in [2.75, 3.05) is 7.11 Å². The van der Waals surface area contributed by atoms with Crippen molar-refractivity contribution in [2.45, 2.75) is 20.3 Å². The molecule has 0 aliphatic heterocycles. The first-order chi connectivity index (χ1) is 8.60. The van der Waals surface area contributed by atoms with E-state index >= 15 is 0 Å². The van der Waals surface area contributed by atoms with Crippen molar-refractivity contribution < 1.29 is 4.74 Å². The molecule has 0 atom stereocenters. The summed E-state index contributed by atoms with van der Waals surface area (Å²) in [5, 5.41) is 0. The molecule has 2 rings (SSSR count). The molecule has 94 valence electrons. The van der Waals surface area contributed by atoms with E-state index in [-0.39, 0.29) is 5.56 Å². The fraction of sp³-hybridized carbons (Fsp3) is 0.286. The van der Waals surface area contributed by atoms with Gasteiger partial charge in [-0.05, 0) is 31.5 Å². The first kappa shape index (κ1) is 12.4. The zero-order valence-electron chi connectivity index (χ0n) is 10.8. The van der Waals surface area contributed by atoms with Crippen LogP contribution < -0.4 is 10.3 Å². The third-order valence-corrected chi connectivity index (χ3v) is 2.88. The van der Waals surface area contributed by atoms with Gasteiger partial charge in [0.1, 0.15) is 11.6 Å². The van der Waals surface area contributed by atoms with Crippen LogP contribution in [0, 0.1) is 13.8 Å². The second kappa shape index (κ2) is 5.04. The van der Waals surface area contributed by atoms with Crippen LogP contribution >= 0.6 is 0 Å². The van der Waals surface area contributed by atoms with Crippen molar-refractivity contribution in [1.29, 1.82) is 0 Å². The van der Waals surface area contributed by atoms with Gasteiger partial charge in [-0.25, -0.2) is 4.98 Å². The van der Waals surface area contributed by atoms with E-state index in [2.05, 4.69) is 9.97 Å². The van der Waals surface area contributed by atoms with Crippen LogP contribution in [0.3, 0.4) is 0 Å². The van der Waals surface area contributed by atoms with Crippen LogP contribution in [0.1, 0.15) is 22.6 Å². The molecule has 1 heterocycles. The van der Waals surface area contributed by atoms with Gasteiger partial charge < -0.3 is 9.72 Å². The second-order valence-electron chi connectivity index (χ2n) is 4.24. The van der Waals surface area contributed by atoms with Crippen LogP contribution in [0.25, 0.3) is 0 Å². The number of rotatable bonds is 3. The Kier molecular flexibility index (Phi) is 3.46. The molecule has 4 nitrogen and oxygen atoms in total. The molecule has 0 spiro atoms. The van der Waals surface area contributed by atoms with E-state index in [9.17, 15) is 4.79 Å². The van der Waals surface area contributed by atoms with Crippen molar-refractivity contribution in [1.82, 2.24) is 9.97 Å². The number of nitrogens with one attached hydrogen (secondary N) is 1. The lowest BCUT2D eigenvalue weighted by atomic mass is 10.1. The summed E-state index contributed by atoms with van der Waals surface area (Å²) in [6.45, 7) is 3.65. The Bertz CT molecular complexity index is 600. The van der Waals surface area contributed by atoms with E-state index in [0.717, 1.165) is 17.0 Å². The molecular weight excluding hydrogens is 228 g/mol. The average Bonchev–Trinajstić information content (AvgIpc) is 2.34. The predicted molar refractivity (Wildman–Crippen MR) is 70.1 cm³/mol. The maximum absolute atomic E-state index is 11.9. The van der Waals surface area contributed by atoms with Gasteiger partial charge in [0.05, 0.1) is 7.11 Å². The minimum Gasteiger partial charge on any atom is -0.497 e. The minimum absolute atomic E-state index is 0.0594. The van der Waals surface area contributed by atoms with Gasteiger partial charge in [0, 0.05) is 17.7 Å². The molecule has 1 N–H and O–H groups in total. The van der Waals surface area contributed by atoms with Crippen molar-refractivity contribution in [2.24, 2.45) is 0 Å². The standard InChI is InChI=1S/C14H16N2O2/c1-9-13(14(17)16-10(2)15-9)8-11-4-6-12(18-3)7-5-11/h4-7H,8H2,1-3H3,(H,15,16,17). The quantitative estimate of drug-likeness (QED) is 0.898. The van der Waals surface area contributed by atoms with Crippen LogP contribution in [0.5, 0.6) is 5.75 Å². The minimum atomic E-state index is -0.0594.